The Balaban J connectivity index is 1.72. The quantitative estimate of drug-likeness (QED) is 0.444. The Morgan fingerprint density at radius 3 is 2.46 bits per heavy atom. The number of likely N-dealkylation sites (tertiary alicyclic amines) is 1. The van der Waals surface area contributed by atoms with E-state index in [1.165, 1.54) is 0 Å². The standard InChI is InChI=1S/C19H21BrN2O3S/c20-14-7-6-12(18(25)17-15(23)4-3-5-16(17)24)10-13(14)11-21-19(26)22-8-1-2-9-22/h6-7,10,17H,1-5,8-9,11H2,(H,21,26). The number of carbonyl (C=O) groups excluding carboxylic acids is 3. The summed E-state index contributed by atoms with van der Waals surface area (Å²) in [6.07, 6.45) is 3.46. The van der Waals surface area contributed by atoms with E-state index in [9.17, 15) is 14.4 Å². The summed E-state index contributed by atoms with van der Waals surface area (Å²) in [6.45, 7) is 2.42. The van der Waals surface area contributed by atoms with E-state index in [1.54, 1.807) is 18.2 Å². The normalized spacial score (nSPS) is 18.3. The molecule has 1 saturated carbocycles. The average Bonchev–Trinajstić information content (AvgIpc) is 3.15. The molecule has 0 atom stereocenters. The highest BCUT2D eigenvalue weighted by Gasteiger charge is 2.36. The molecule has 0 aromatic heterocycles. The van der Waals surface area contributed by atoms with Crippen LogP contribution < -0.4 is 5.32 Å². The molecule has 2 fully saturated rings. The molecular weight excluding hydrogens is 416 g/mol. The number of carbonyl (C=O) groups is 3. The van der Waals surface area contributed by atoms with Crippen molar-refractivity contribution in [1.82, 2.24) is 10.2 Å². The molecule has 26 heavy (non-hydrogen) atoms. The molecule has 0 amide bonds. The second kappa shape index (κ2) is 8.39. The minimum Gasteiger partial charge on any atom is -0.358 e. The monoisotopic (exact) mass is 436 g/mol. The van der Waals surface area contributed by atoms with E-state index < -0.39 is 11.7 Å². The molecule has 1 saturated heterocycles. The lowest BCUT2D eigenvalue weighted by atomic mass is 9.81. The molecule has 0 spiro atoms. The molecular formula is C19H21BrN2O3S. The third-order valence-corrected chi connectivity index (χ3v) is 6.08. The van der Waals surface area contributed by atoms with E-state index in [2.05, 4.69) is 26.1 Å². The third kappa shape index (κ3) is 4.20. The fraction of sp³-hybridized carbons (Fsp3) is 0.474. The molecule has 0 radical (unpaired) electrons. The first-order chi connectivity index (χ1) is 12.5. The van der Waals surface area contributed by atoms with Gasteiger partial charge in [0.25, 0.3) is 0 Å². The number of ketones is 3. The number of hydrogen-bond donors (Lipinski definition) is 1. The van der Waals surface area contributed by atoms with Crippen molar-refractivity contribution in [3.63, 3.8) is 0 Å². The number of benzene rings is 1. The van der Waals surface area contributed by atoms with Crippen LogP contribution in [-0.2, 0) is 16.1 Å². The van der Waals surface area contributed by atoms with Crippen molar-refractivity contribution in [2.45, 2.75) is 38.6 Å². The van der Waals surface area contributed by atoms with Crippen LogP contribution >= 0.6 is 28.1 Å². The predicted octanol–water partition coefficient (Wildman–Crippen LogP) is 3.04. The van der Waals surface area contributed by atoms with E-state index in [4.69, 9.17) is 12.2 Å². The number of hydrogen-bond acceptors (Lipinski definition) is 4. The largest absolute Gasteiger partial charge is 0.358 e. The summed E-state index contributed by atoms with van der Waals surface area (Å²) in [4.78, 5) is 39.0. The Kier molecular flexibility index (Phi) is 6.19. The Morgan fingerprint density at radius 1 is 1.15 bits per heavy atom. The molecule has 1 N–H and O–H groups in total. The van der Waals surface area contributed by atoms with Crippen LogP contribution in [-0.4, -0.2) is 40.5 Å². The van der Waals surface area contributed by atoms with E-state index in [0.717, 1.165) is 36.0 Å². The number of thiocarbonyl (C=S) groups is 1. The Labute approximate surface area is 166 Å². The van der Waals surface area contributed by atoms with Gasteiger partial charge in [0.2, 0.25) is 0 Å². The molecule has 1 aromatic carbocycles. The highest BCUT2D eigenvalue weighted by molar-refractivity contribution is 9.10. The Bertz CT molecular complexity index is 743. The van der Waals surface area contributed by atoms with Gasteiger partial charge in [0.05, 0.1) is 0 Å². The Hall–Kier alpha value is -1.60. The fourth-order valence-corrected chi connectivity index (χ4v) is 4.07. The van der Waals surface area contributed by atoms with Crippen molar-refractivity contribution in [3.05, 3.63) is 33.8 Å². The summed E-state index contributed by atoms with van der Waals surface area (Å²) in [5.74, 6) is -2.04. The molecule has 0 bridgehead atoms. The van der Waals surface area contributed by atoms with E-state index >= 15 is 0 Å². The third-order valence-electron chi connectivity index (χ3n) is 4.91. The molecule has 2 aliphatic rings. The van der Waals surface area contributed by atoms with E-state index in [1.807, 2.05) is 0 Å². The van der Waals surface area contributed by atoms with Crippen LogP contribution in [0.15, 0.2) is 22.7 Å². The van der Waals surface area contributed by atoms with Crippen LogP contribution in [0, 0.1) is 5.92 Å². The summed E-state index contributed by atoms with van der Waals surface area (Å²) < 4.78 is 0.854. The van der Waals surface area contributed by atoms with Crippen molar-refractivity contribution >= 4 is 50.6 Å². The molecule has 1 aliphatic carbocycles. The minimum absolute atomic E-state index is 0.260. The van der Waals surface area contributed by atoms with Crippen LogP contribution in [0.3, 0.4) is 0 Å². The van der Waals surface area contributed by atoms with Crippen LogP contribution in [0.5, 0.6) is 0 Å². The van der Waals surface area contributed by atoms with Gasteiger partial charge in [0.1, 0.15) is 5.92 Å². The first-order valence-electron chi connectivity index (χ1n) is 8.88. The van der Waals surface area contributed by atoms with Crippen molar-refractivity contribution in [3.8, 4) is 0 Å². The number of rotatable bonds is 4. The van der Waals surface area contributed by atoms with E-state index in [-0.39, 0.29) is 11.6 Å². The number of nitrogens with zero attached hydrogens (tertiary/aromatic N) is 1. The average molecular weight is 437 g/mol. The van der Waals surface area contributed by atoms with Gasteiger partial charge in [-0.15, -0.1) is 0 Å². The fourth-order valence-electron chi connectivity index (χ4n) is 3.43. The lowest BCUT2D eigenvalue weighted by Gasteiger charge is -2.21. The molecule has 1 heterocycles. The first kappa shape index (κ1) is 19.2. The lowest BCUT2D eigenvalue weighted by Crippen LogP contribution is -2.37. The van der Waals surface area contributed by atoms with Gasteiger partial charge in [-0.2, -0.15) is 0 Å². The molecule has 138 valence electrons. The molecule has 1 aliphatic heterocycles. The maximum atomic E-state index is 12.7. The SMILES string of the molecule is O=C1CCCC(=O)C1C(=O)c1ccc(Br)c(CNC(=S)N2CCCC2)c1. The first-order valence-corrected chi connectivity index (χ1v) is 10.1. The molecule has 1 aromatic rings. The van der Waals surface area contributed by atoms with Crippen molar-refractivity contribution in [1.29, 1.82) is 0 Å². The lowest BCUT2D eigenvalue weighted by molar-refractivity contribution is -0.133. The van der Waals surface area contributed by atoms with Gasteiger partial charge in [0, 0.05) is 42.5 Å². The van der Waals surface area contributed by atoms with Gasteiger partial charge in [-0.25, -0.2) is 0 Å². The summed E-state index contributed by atoms with van der Waals surface area (Å²) in [5, 5.41) is 3.94. The highest BCUT2D eigenvalue weighted by Crippen LogP contribution is 2.25. The van der Waals surface area contributed by atoms with Gasteiger partial charge in [0.15, 0.2) is 22.5 Å². The number of halogens is 1. The van der Waals surface area contributed by atoms with Gasteiger partial charge in [-0.3, -0.25) is 14.4 Å². The van der Waals surface area contributed by atoms with Crippen LogP contribution in [0.25, 0.3) is 0 Å². The zero-order valence-corrected chi connectivity index (χ0v) is 16.8. The molecule has 0 unspecified atom stereocenters. The summed E-state index contributed by atoms with van der Waals surface area (Å²) >= 11 is 8.91. The number of nitrogens with one attached hydrogen (secondary N) is 1. The zero-order valence-electron chi connectivity index (χ0n) is 14.4. The molecule has 3 rings (SSSR count). The number of Topliss-reactive ketones (excluding diaryl/α,β-unsaturated/α-hetero) is 3. The highest BCUT2D eigenvalue weighted by atomic mass is 79.9. The van der Waals surface area contributed by atoms with Gasteiger partial charge >= 0.3 is 0 Å². The molecule has 7 heteroatoms. The van der Waals surface area contributed by atoms with Crippen molar-refractivity contribution in [2.24, 2.45) is 5.92 Å². The second-order valence-electron chi connectivity index (χ2n) is 6.74. The maximum absolute atomic E-state index is 12.7. The summed E-state index contributed by atoms with van der Waals surface area (Å²) in [7, 11) is 0. The topological polar surface area (TPSA) is 66.5 Å². The van der Waals surface area contributed by atoms with Crippen LogP contribution in [0.1, 0.15) is 48.0 Å². The van der Waals surface area contributed by atoms with Gasteiger partial charge in [-0.05, 0) is 49.2 Å². The van der Waals surface area contributed by atoms with Gasteiger partial charge in [-0.1, -0.05) is 22.0 Å². The zero-order chi connectivity index (χ0) is 18.7. The smallest absolute Gasteiger partial charge is 0.180 e. The van der Waals surface area contributed by atoms with Crippen molar-refractivity contribution in [2.75, 3.05) is 13.1 Å². The van der Waals surface area contributed by atoms with Gasteiger partial charge < -0.3 is 10.2 Å². The summed E-state index contributed by atoms with van der Waals surface area (Å²) in [5.41, 5.74) is 1.26. The van der Waals surface area contributed by atoms with E-state index in [0.29, 0.717) is 36.5 Å². The Morgan fingerprint density at radius 2 is 1.81 bits per heavy atom. The molecule has 5 nitrogen and oxygen atoms in total. The van der Waals surface area contributed by atoms with Crippen LogP contribution in [0.2, 0.25) is 0 Å². The maximum Gasteiger partial charge on any atom is 0.180 e. The minimum atomic E-state index is -1.13. The van der Waals surface area contributed by atoms with Crippen LogP contribution in [0.4, 0.5) is 0 Å². The predicted molar refractivity (Wildman–Crippen MR) is 106 cm³/mol. The van der Waals surface area contributed by atoms with Crippen molar-refractivity contribution < 1.29 is 14.4 Å². The second-order valence-corrected chi connectivity index (χ2v) is 7.98. The summed E-state index contributed by atoms with van der Waals surface area (Å²) in [6, 6.07) is 5.17.